The second-order valence-corrected chi connectivity index (χ2v) is 7.70. The second-order valence-electron chi connectivity index (χ2n) is 6.67. The molecule has 4 aromatic heterocycles. The maximum absolute atomic E-state index is 13.1. The molecular formula is C19H19N5O4S. The molecule has 0 N–H and O–H groups in total. The molecule has 0 aliphatic carbocycles. The van der Waals surface area contributed by atoms with Crippen molar-refractivity contribution in [1.82, 2.24) is 23.6 Å². The number of hydrogen-bond acceptors (Lipinski definition) is 6. The van der Waals surface area contributed by atoms with Crippen LogP contribution in [0.25, 0.3) is 11.2 Å². The van der Waals surface area contributed by atoms with E-state index in [1.807, 2.05) is 17.5 Å². The zero-order valence-corrected chi connectivity index (χ0v) is 16.8. The van der Waals surface area contributed by atoms with Crippen LogP contribution in [0.3, 0.4) is 0 Å². The molecule has 4 aromatic rings. The molecule has 0 atom stereocenters. The standard InChI is InChI=1S/C19H19N5O4S/c1-21-12-20-17-16(21)18(26)24(19(27)22(17)2)11-15(25)23(9-13-5-3-7-28-13)10-14-6-4-8-29-14/h3-8,12H,9-11H2,1-2H3. The number of imidazole rings is 1. The molecule has 10 heteroatoms. The van der Waals surface area contributed by atoms with Gasteiger partial charge in [0, 0.05) is 19.0 Å². The van der Waals surface area contributed by atoms with Crippen LogP contribution in [0.4, 0.5) is 0 Å². The number of nitrogens with zero attached hydrogens (tertiary/aromatic N) is 5. The number of carbonyl (C=O) groups excluding carboxylic acids is 1. The van der Waals surface area contributed by atoms with E-state index in [1.54, 1.807) is 34.9 Å². The number of carbonyl (C=O) groups is 1. The molecular weight excluding hydrogens is 394 g/mol. The lowest BCUT2D eigenvalue weighted by molar-refractivity contribution is -0.133. The van der Waals surface area contributed by atoms with Crippen molar-refractivity contribution in [2.45, 2.75) is 19.6 Å². The van der Waals surface area contributed by atoms with Crippen molar-refractivity contribution in [3.8, 4) is 0 Å². The largest absolute Gasteiger partial charge is 0.467 e. The molecule has 0 fully saturated rings. The molecule has 0 unspecified atom stereocenters. The van der Waals surface area contributed by atoms with E-state index < -0.39 is 11.2 Å². The summed E-state index contributed by atoms with van der Waals surface area (Å²) in [6.07, 6.45) is 3.01. The van der Waals surface area contributed by atoms with Crippen LogP contribution < -0.4 is 11.2 Å². The molecule has 0 bridgehead atoms. The summed E-state index contributed by atoms with van der Waals surface area (Å²) in [5, 5.41) is 1.93. The first kappa shape index (κ1) is 18.9. The average Bonchev–Trinajstić information content (AvgIpc) is 3.45. The number of rotatable bonds is 6. The molecule has 9 nitrogen and oxygen atoms in total. The van der Waals surface area contributed by atoms with Gasteiger partial charge in [-0.05, 0) is 23.6 Å². The fourth-order valence-electron chi connectivity index (χ4n) is 3.18. The number of thiophene rings is 1. The first-order valence-electron chi connectivity index (χ1n) is 8.89. The lowest BCUT2D eigenvalue weighted by Gasteiger charge is -2.21. The fraction of sp³-hybridized carbons (Fsp3) is 0.263. The summed E-state index contributed by atoms with van der Waals surface area (Å²) in [5.74, 6) is 0.271. The van der Waals surface area contributed by atoms with Gasteiger partial charge >= 0.3 is 5.69 Å². The highest BCUT2D eigenvalue weighted by atomic mass is 32.1. The lowest BCUT2D eigenvalue weighted by atomic mass is 10.3. The van der Waals surface area contributed by atoms with E-state index in [2.05, 4.69) is 4.98 Å². The summed E-state index contributed by atoms with van der Waals surface area (Å²) in [6, 6.07) is 7.37. The quantitative estimate of drug-likeness (QED) is 0.475. The summed E-state index contributed by atoms with van der Waals surface area (Å²) in [7, 11) is 3.21. The Kier molecular flexibility index (Phi) is 4.93. The topological polar surface area (TPSA) is 95.3 Å². The summed E-state index contributed by atoms with van der Waals surface area (Å²) < 4.78 is 9.15. The van der Waals surface area contributed by atoms with E-state index in [0.29, 0.717) is 12.3 Å². The number of fused-ring (bicyclic) bond motifs is 1. The Morgan fingerprint density at radius 1 is 1.21 bits per heavy atom. The molecule has 0 saturated heterocycles. The number of amides is 1. The molecule has 0 saturated carbocycles. The van der Waals surface area contributed by atoms with Gasteiger partial charge in [0.2, 0.25) is 5.91 Å². The summed E-state index contributed by atoms with van der Waals surface area (Å²) in [4.78, 5) is 45.3. The normalized spacial score (nSPS) is 11.2. The van der Waals surface area contributed by atoms with Crippen molar-refractivity contribution in [1.29, 1.82) is 0 Å². The highest BCUT2D eigenvalue weighted by Crippen LogP contribution is 2.15. The number of aryl methyl sites for hydroxylation is 2. The Bertz CT molecular complexity index is 1230. The minimum Gasteiger partial charge on any atom is -0.467 e. The molecule has 0 spiro atoms. The lowest BCUT2D eigenvalue weighted by Crippen LogP contribution is -2.44. The van der Waals surface area contributed by atoms with Gasteiger partial charge in [-0.15, -0.1) is 11.3 Å². The van der Waals surface area contributed by atoms with E-state index in [9.17, 15) is 14.4 Å². The Morgan fingerprint density at radius 2 is 2.03 bits per heavy atom. The molecule has 4 rings (SSSR count). The van der Waals surface area contributed by atoms with Gasteiger partial charge in [-0.2, -0.15) is 0 Å². The molecule has 4 heterocycles. The highest BCUT2D eigenvalue weighted by Gasteiger charge is 2.21. The summed E-state index contributed by atoms with van der Waals surface area (Å²) >= 11 is 1.53. The zero-order valence-electron chi connectivity index (χ0n) is 15.9. The monoisotopic (exact) mass is 413 g/mol. The average molecular weight is 413 g/mol. The van der Waals surface area contributed by atoms with Crippen molar-refractivity contribution in [3.63, 3.8) is 0 Å². The van der Waals surface area contributed by atoms with Crippen molar-refractivity contribution in [3.05, 3.63) is 73.7 Å². The Balaban J connectivity index is 1.69. The molecule has 0 aliphatic rings. The first-order valence-corrected chi connectivity index (χ1v) is 9.77. The molecule has 1 amide bonds. The van der Waals surface area contributed by atoms with Gasteiger partial charge in [-0.25, -0.2) is 14.3 Å². The van der Waals surface area contributed by atoms with Gasteiger partial charge in [0.05, 0.1) is 25.7 Å². The van der Waals surface area contributed by atoms with Crippen LogP contribution in [0.15, 0.2) is 56.2 Å². The van der Waals surface area contributed by atoms with Crippen LogP contribution in [-0.2, 0) is 38.5 Å². The van der Waals surface area contributed by atoms with Gasteiger partial charge < -0.3 is 13.9 Å². The fourth-order valence-corrected chi connectivity index (χ4v) is 3.90. The van der Waals surface area contributed by atoms with Crippen LogP contribution in [0.2, 0.25) is 0 Å². The predicted octanol–water partition coefficient (Wildman–Crippen LogP) is 1.32. The minimum absolute atomic E-state index is 0.243. The minimum atomic E-state index is -0.580. The maximum Gasteiger partial charge on any atom is 0.332 e. The predicted molar refractivity (Wildman–Crippen MR) is 107 cm³/mol. The van der Waals surface area contributed by atoms with Crippen LogP contribution in [0.1, 0.15) is 10.6 Å². The van der Waals surface area contributed by atoms with Crippen LogP contribution in [0.5, 0.6) is 0 Å². The molecule has 29 heavy (non-hydrogen) atoms. The summed E-state index contributed by atoms with van der Waals surface area (Å²) in [6.45, 7) is 0.242. The van der Waals surface area contributed by atoms with E-state index in [-0.39, 0.29) is 30.2 Å². The number of aromatic nitrogens is 4. The van der Waals surface area contributed by atoms with Crippen molar-refractivity contribution in [2.75, 3.05) is 0 Å². The van der Waals surface area contributed by atoms with Crippen molar-refractivity contribution < 1.29 is 9.21 Å². The smallest absolute Gasteiger partial charge is 0.332 e. The maximum atomic E-state index is 13.1. The van der Waals surface area contributed by atoms with E-state index in [1.165, 1.54) is 29.3 Å². The number of hydrogen-bond donors (Lipinski definition) is 0. The van der Waals surface area contributed by atoms with E-state index in [0.717, 1.165) is 9.44 Å². The van der Waals surface area contributed by atoms with E-state index in [4.69, 9.17) is 4.42 Å². The molecule has 0 aliphatic heterocycles. The third-order valence-electron chi connectivity index (χ3n) is 4.70. The third-order valence-corrected chi connectivity index (χ3v) is 5.56. The third kappa shape index (κ3) is 3.54. The molecule has 0 radical (unpaired) electrons. The Morgan fingerprint density at radius 3 is 2.72 bits per heavy atom. The Labute approximate surface area is 169 Å². The van der Waals surface area contributed by atoms with Crippen molar-refractivity contribution >= 4 is 28.4 Å². The van der Waals surface area contributed by atoms with E-state index >= 15 is 0 Å². The molecule has 150 valence electrons. The second kappa shape index (κ2) is 7.55. The van der Waals surface area contributed by atoms with Gasteiger partial charge in [0.25, 0.3) is 5.56 Å². The van der Waals surface area contributed by atoms with Gasteiger partial charge in [-0.3, -0.25) is 14.2 Å². The first-order chi connectivity index (χ1) is 14.0. The van der Waals surface area contributed by atoms with Crippen LogP contribution in [0, 0.1) is 0 Å². The SMILES string of the molecule is Cn1cnc2c1c(=O)n(CC(=O)N(Cc1ccco1)Cc1cccs1)c(=O)n2C. The Hall–Kier alpha value is -3.40. The zero-order chi connectivity index (χ0) is 20.5. The van der Waals surface area contributed by atoms with Crippen LogP contribution in [-0.4, -0.2) is 29.5 Å². The van der Waals surface area contributed by atoms with Gasteiger partial charge in [0.1, 0.15) is 12.3 Å². The van der Waals surface area contributed by atoms with Crippen LogP contribution >= 0.6 is 11.3 Å². The van der Waals surface area contributed by atoms with Gasteiger partial charge in [0.15, 0.2) is 11.2 Å². The number of furan rings is 1. The van der Waals surface area contributed by atoms with Crippen molar-refractivity contribution in [2.24, 2.45) is 14.1 Å². The van der Waals surface area contributed by atoms with Gasteiger partial charge in [-0.1, -0.05) is 6.07 Å². The molecule has 0 aromatic carbocycles. The highest BCUT2D eigenvalue weighted by molar-refractivity contribution is 7.09. The summed E-state index contributed by atoms with van der Waals surface area (Å²) in [5.41, 5.74) is -0.554.